The van der Waals surface area contributed by atoms with Crippen LogP contribution in [0.5, 0.6) is 0 Å². The van der Waals surface area contributed by atoms with Crippen molar-refractivity contribution in [2.75, 3.05) is 0 Å². The Hall–Kier alpha value is -0.0400. The second kappa shape index (κ2) is 1.76. The van der Waals surface area contributed by atoms with E-state index < -0.39 is 0 Å². The smallest absolute Gasteiger partial charge is 0.157 e. The number of alkyl halides is 1. The molecule has 0 saturated heterocycles. The second-order valence-corrected chi connectivity index (χ2v) is 4.51. The van der Waals surface area contributed by atoms with Crippen molar-refractivity contribution in [2.24, 2.45) is 10.8 Å². The fourth-order valence-electron chi connectivity index (χ4n) is 1.20. The summed E-state index contributed by atoms with van der Waals surface area (Å²) >= 11 is 5.83. The van der Waals surface area contributed by atoms with Crippen molar-refractivity contribution in [1.82, 2.24) is 0 Å². The molecule has 1 nitrogen and oxygen atoms in total. The molecule has 1 aliphatic rings. The summed E-state index contributed by atoms with van der Waals surface area (Å²) < 4.78 is 0. The van der Waals surface area contributed by atoms with Crippen LogP contribution in [0, 0.1) is 10.8 Å². The van der Waals surface area contributed by atoms with Crippen molar-refractivity contribution in [3.8, 4) is 0 Å². The maximum Gasteiger partial charge on any atom is 0.157 e. The third-order valence-electron chi connectivity index (χ3n) is 3.09. The number of carbonyl (C=O) groups excluding carboxylic acids is 1. The summed E-state index contributed by atoms with van der Waals surface area (Å²) in [4.78, 5) is 11.2. The first-order valence-corrected chi connectivity index (χ1v) is 3.94. The number of rotatable bonds is 0. The van der Waals surface area contributed by atoms with Crippen LogP contribution in [-0.2, 0) is 4.79 Å². The van der Waals surface area contributed by atoms with Crippen molar-refractivity contribution in [3.63, 3.8) is 0 Å². The van der Waals surface area contributed by atoms with Crippen LogP contribution in [0.25, 0.3) is 0 Å². The molecule has 1 fully saturated rings. The highest BCUT2D eigenvalue weighted by atomic mass is 35.5. The Balaban J connectivity index is 2.92. The van der Waals surface area contributed by atoms with Gasteiger partial charge in [-0.05, 0) is 0 Å². The minimum absolute atomic E-state index is 0.0361. The molecule has 0 aromatic rings. The lowest BCUT2D eigenvalue weighted by Gasteiger charge is -2.53. The molecule has 0 aromatic heterocycles. The van der Waals surface area contributed by atoms with Gasteiger partial charge in [0.1, 0.15) is 0 Å². The predicted molar refractivity (Wildman–Crippen MR) is 42.2 cm³/mol. The van der Waals surface area contributed by atoms with Gasteiger partial charge in [-0.1, -0.05) is 27.7 Å². The lowest BCUT2D eigenvalue weighted by Crippen LogP contribution is -2.61. The summed E-state index contributed by atoms with van der Waals surface area (Å²) in [6.45, 7) is 7.97. The molecule has 0 amide bonds. The van der Waals surface area contributed by atoms with Crippen LogP contribution >= 0.6 is 11.6 Å². The van der Waals surface area contributed by atoms with Gasteiger partial charge in [-0.15, -0.1) is 11.6 Å². The Bertz CT molecular complexity index is 182. The lowest BCUT2D eigenvalue weighted by molar-refractivity contribution is -0.150. The molecule has 0 N–H and O–H groups in total. The van der Waals surface area contributed by atoms with Gasteiger partial charge in [-0.3, -0.25) is 4.79 Å². The summed E-state index contributed by atoms with van der Waals surface area (Å²) in [7, 11) is 0. The van der Waals surface area contributed by atoms with E-state index >= 15 is 0 Å². The van der Waals surface area contributed by atoms with Gasteiger partial charge in [0.15, 0.2) is 5.78 Å². The van der Waals surface area contributed by atoms with Crippen LogP contribution in [0.1, 0.15) is 27.7 Å². The first-order valence-electron chi connectivity index (χ1n) is 3.50. The normalized spacial score (nSPS) is 35.3. The molecule has 0 spiro atoms. The van der Waals surface area contributed by atoms with Gasteiger partial charge in [0.2, 0.25) is 0 Å². The number of hydrogen-bond acceptors (Lipinski definition) is 1. The molecule has 2 heteroatoms. The molecule has 1 saturated carbocycles. The van der Waals surface area contributed by atoms with Crippen molar-refractivity contribution in [2.45, 2.75) is 33.1 Å². The van der Waals surface area contributed by atoms with Gasteiger partial charge in [0.25, 0.3) is 0 Å². The maximum absolute atomic E-state index is 11.2. The van der Waals surface area contributed by atoms with E-state index in [1.807, 2.05) is 27.7 Å². The number of ketones is 1. The van der Waals surface area contributed by atoms with Crippen LogP contribution < -0.4 is 0 Å². The topological polar surface area (TPSA) is 17.1 Å². The monoisotopic (exact) mass is 160 g/mol. The largest absolute Gasteiger partial charge is 0.297 e. The molecule has 0 aliphatic heterocycles. The van der Waals surface area contributed by atoms with Gasteiger partial charge in [-0.25, -0.2) is 0 Å². The molecule has 0 heterocycles. The van der Waals surface area contributed by atoms with Crippen molar-refractivity contribution in [1.29, 1.82) is 0 Å². The van der Waals surface area contributed by atoms with Crippen LogP contribution in [0.2, 0.25) is 0 Å². The van der Waals surface area contributed by atoms with Gasteiger partial charge >= 0.3 is 0 Å². The molecule has 0 bridgehead atoms. The number of halogens is 1. The minimum Gasteiger partial charge on any atom is -0.297 e. The molecule has 58 valence electrons. The Kier molecular flexibility index (Phi) is 1.42. The van der Waals surface area contributed by atoms with Gasteiger partial charge < -0.3 is 0 Å². The molecule has 0 radical (unpaired) electrons. The highest BCUT2D eigenvalue weighted by Crippen LogP contribution is 2.55. The Morgan fingerprint density at radius 2 is 1.70 bits per heavy atom. The summed E-state index contributed by atoms with van der Waals surface area (Å²) in [5, 5.41) is -0.275. The van der Waals surface area contributed by atoms with E-state index in [2.05, 4.69) is 0 Å². The highest BCUT2D eigenvalue weighted by molar-refractivity contribution is 6.35. The van der Waals surface area contributed by atoms with Crippen molar-refractivity contribution >= 4 is 17.4 Å². The van der Waals surface area contributed by atoms with Crippen LogP contribution in [-0.4, -0.2) is 11.2 Å². The molecular formula is C8H13ClO. The zero-order valence-electron chi connectivity index (χ0n) is 6.86. The van der Waals surface area contributed by atoms with Crippen LogP contribution in [0.15, 0.2) is 0 Å². The zero-order chi connectivity index (χ0) is 8.15. The van der Waals surface area contributed by atoms with E-state index in [9.17, 15) is 4.79 Å². The fraction of sp³-hybridized carbons (Fsp3) is 0.875. The molecule has 1 aliphatic carbocycles. The first-order chi connectivity index (χ1) is 4.32. The number of Topliss-reactive ketones (excluding diaryl/α,β-unsaturated/α-hetero) is 1. The average molecular weight is 161 g/mol. The van der Waals surface area contributed by atoms with Gasteiger partial charge in [-0.2, -0.15) is 0 Å². The van der Waals surface area contributed by atoms with E-state index in [-0.39, 0.29) is 22.0 Å². The molecule has 1 rings (SSSR count). The van der Waals surface area contributed by atoms with E-state index in [1.165, 1.54) is 0 Å². The summed E-state index contributed by atoms with van der Waals surface area (Å²) in [6, 6.07) is 0. The summed E-state index contributed by atoms with van der Waals surface area (Å²) in [5.74, 6) is 0.180. The van der Waals surface area contributed by atoms with Crippen LogP contribution in [0.4, 0.5) is 0 Å². The third kappa shape index (κ3) is 0.619. The maximum atomic E-state index is 11.2. The predicted octanol–water partition coefficient (Wildman–Crippen LogP) is 2.23. The number of hydrogen-bond donors (Lipinski definition) is 0. The highest BCUT2D eigenvalue weighted by Gasteiger charge is 2.61. The SMILES string of the molecule is CC1(C)C(=O)C(Cl)C1(C)C. The minimum atomic E-state index is -0.275. The fourth-order valence-corrected chi connectivity index (χ4v) is 1.75. The van der Waals surface area contributed by atoms with E-state index in [4.69, 9.17) is 11.6 Å². The molecular weight excluding hydrogens is 148 g/mol. The molecule has 1 unspecified atom stereocenters. The summed E-state index contributed by atoms with van der Waals surface area (Å²) in [5.41, 5.74) is -0.259. The summed E-state index contributed by atoms with van der Waals surface area (Å²) in [6.07, 6.45) is 0. The Morgan fingerprint density at radius 1 is 1.30 bits per heavy atom. The first kappa shape index (κ1) is 8.06. The lowest BCUT2D eigenvalue weighted by atomic mass is 9.52. The zero-order valence-corrected chi connectivity index (χ0v) is 7.62. The average Bonchev–Trinajstić information content (AvgIpc) is 1.84. The second-order valence-electron chi connectivity index (χ2n) is 4.07. The van der Waals surface area contributed by atoms with Crippen molar-refractivity contribution in [3.05, 3.63) is 0 Å². The van der Waals surface area contributed by atoms with E-state index in [0.717, 1.165) is 0 Å². The quantitative estimate of drug-likeness (QED) is 0.497. The van der Waals surface area contributed by atoms with E-state index in [1.54, 1.807) is 0 Å². The van der Waals surface area contributed by atoms with Gasteiger partial charge in [0.05, 0.1) is 5.38 Å². The van der Waals surface area contributed by atoms with E-state index in [0.29, 0.717) is 0 Å². The number of carbonyl (C=O) groups is 1. The third-order valence-corrected chi connectivity index (χ3v) is 3.83. The molecule has 10 heavy (non-hydrogen) atoms. The van der Waals surface area contributed by atoms with Crippen molar-refractivity contribution < 1.29 is 4.79 Å². The Morgan fingerprint density at radius 3 is 1.80 bits per heavy atom. The molecule has 1 atom stereocenters. The standard InChI is InChI=1S/C8H13ClO/c1-7(2)5(9)6(10)8(7,3)4/h5H,1-4H3. The van der Waals surface area contributed by atoms with Crippen LogP contribution in [0.3, 0.4) is 0 Å². The molecule has 0 aromatic carbocycles. The van der Waals surface area contributed by atoms with Gasteiger partial charge in [0, 0.05) is 10.8 Å². The Labute approximate surface area is 66.8 Å².